The molecule has 0 saturated carbocycles. The van der Waals surface area contributed by atoms with Gasteiger partial charge in [-0.2, -0.15) is 15.0 Å². The summed E-state index contributed by atoms with van der Waals surface area (Å²) in [4.78, 5) is 12.7. The second-order valence-electron chi connectivity index (χ2n) is 7.91. The predicted molar refractivity (Wildman–Crippen MR) is 128 cm³/mol. The van der Waals surface area contributed by atoms with Crippen LogP contribution in [0.2, 0.25) is 0 Å². The highest BCUT2D eigenvalue weighted by Gasteiger charge is 2.22. The van der Waals surface area contributed by atoms with Crippen molar-refractivity contribution in [2.45, 2.75) is 36.4 Å². The Balaban J connectivity index is 1.36. The number of nitrogen functional groups attached to an aromatic ring is 1. The molecule has 9 nitrogen and oxygen atoms in total. The first kappa shape index (κ1) is 23.1. The monoisotopic (exact) mass is 496 g/mol. The first-order valence-corrected chi connectivity index (χ1v) is 12.0. The molecule has 5 rings (SSSR count). The molecule has 35 heavy (non-hydrogen) atoms. The van der Waals surface area contributed by atoms with Gasteiger partial charge in [-0.3, -0.25) is 4.57 Å². The number of thioether (sulfide) groups is 1. The second-order valence-corrected chi connectivity index (χ2v) is 8.86. The van der Waals surface area contributed by atoms with Gasteiger partial charge < -0.3 is 15.8 Å². The number of rotatable bonds is 8. The molecule has 3 N–H and O–H groups in total. The number of ether oxygens (including phenoxy) is 1. The van der Waals surface area contributed by atoms with Crippen LogP contribution in [0.1, 0.15) is 18.7 Å². The van der Waals surface area contributed by atoms with Crippen LogP contribution in [-0.4, -0.2) is 42.4 Å². The summed E-state index contributed by atoms with van der Waals surface area (Å²) in [6.45, 7) is 1.31. The Morgan fingerprint density at radius 3 is 2.46 bits per heavy atom. The zero-order valence-corrected chi connectivity index (χ0v) is 19.4. The Morgan fingerprint density at radius 2 is 1.74 bits per heavy atom. The Kier molecular flexibility index (Phi) is 6.82. The van der Waals surface area contributed by atoms with Crippen molar-refractivity contribution in [1.82, 2.24) is 29.7 Å². The fourth-order valence-corrected chi connectivity index (χ4v) is 4.52. The lowest BCUT2D eigenvalue weighted by Crippen LogP contribution is -2.16. The van der Waals surface area contributed by atoms with Crippen molar-refractivity contribution < 1.29 is 13.5 Å². The molecule has 2 aromatic heterocycles. The van der Waals surface area contributed by atoms with Gasteiger partial charge in [0.2, 0.25) is 11.9 Å². The summed E-state index contributed by atoms with van der Waals surface area (Å²) in [5.41, 5.74) is 7.27. The fourth-order valence-electron chi connectivity index (χ4n) is 3.71. The summed E-state index contributed by atoms with van der Waals surface area (Å²) in [6, 6.07) is 12.0. The molecule has 0 aliphatic carbocycles. The van der Waals surface area contributed by atoms with E-state index in [1.54, 1.807) is 24.3 Å². The molecule has 4 aromatic rings. The summed E-state index contributed by atoms with van der Waals surface area (Å²) in [5, 5.41) is 12.4. The van der Waals surface area contributed by atoms with Crippen molar-refractivity contribution in [3.63, 3.8) is 0 Å². The Morgan fingerprint density at radius 1 is 1.00 bits per heavy atom. The van der Waals surface area contributed by atoms with E-state index in [9.17, 15) is 8.78 Å². The number of anilines is 3. The first-order valence-electron chi connectivity index (χ1n) is 11.0. The fraction of sp³-hybridized carbons (Fsp3) is 0.261. The maximum absolute atomic E-state index is 13.4. The van der Waals surface area contributed by atoms with Crippen molar-refractivity contribution >= 4 is 29.3 Å². The highest BCUT2D eigenvalue weighted by molar-refractivity contribution is 7.98. The lowest BCUT2D eigenvalue weighted by Gasteiger charge is -2.14. The minimum absolute atomic E-state index is 0.0591. The normalized spacial score (nSPS) is 15.4. The molecule has 3 heterocycles. The standard InChI is InChI=1S/C23H22F2N8OS/c24-15-5-3-14(4-6-15)20-31-32-23(33(20)12-18-2-1-11-34-18)35-13-19-28-21(26)30-22(29-19)27-17-9-7-16(25)8-10-17/h3-10,18H,1-2,11-13H2,(H3,26,27,28,29,30)/t18-/m1/s1. The molecule has 0 spiro atoms. The molecule has 0 amide bonds. The molecule has 2 aromatic carbocycles. The van der Waals surface area contributed by atoms with Gasteiger partial charge in [-0.1, -0.05) is 11.8 Å². The van der Waals surface area contributed by atoms with Crippen LogP contribution >= 0.6 is 11.8 Å². The van der Waals surface area contributed by atoms with Crippen LogP contribution < -0.4 is 11.1 Å². The van der Waals surface area contributed by atoms with Crippen molar-refractivity contribution in [1.29, 1.82) is 0 Å². The van der Waals surface area contributed by atoms with Gasteiger partial charge >= 0.3 is 0 Å². The van der Waals surface area contributed by atoms with Gasteiger partial charge in [-0.15, -0.1) is 10.2 Å². The Bertz CT molecular complexity index is 1290. The van der Waals surface area contributed by atoms with Crippen LogP contribution in [0, 0.1) is 11.6 Å². The highest BCUT2D eigenvalue weighted by atomic mass is 32.2. The molecule has 0 bridgehead atoms. The van der Waals surface area contributed by atoms with Gasteiger partial charge in [0.25, 0.3) is 0 Å². The quantitative estimate of drug-likeness (QED) is 0.346. The molecule has 1 fully saturated rings. The minimum Gasteiger partial charge on any atom is -0.376 e. The smallest absolute Gasteiger partial charge is 0.232 e. The van der Waals surface area contributed by atoms with Gasteiger partial charge in [0, 0.05) is 17.9 Å². The van der Waals surface area contributed by atoms with E-state index in [1.165, 1.54) is 36.0 Å². The van der Waals surface area contributed by atoms with Crippen LogP contribution in [0.3, 0.4) is 0 Å². The molecule has 1 aliphatic rings. The lowest BCUT2D eigenvalue weighted by atomic mass is 10.2. The third kappa shape index (κ3) is 5.72. The number of aromatic nitrogens is 6. The summed E-state index contributed by atoms with van der Waals surface area (Å²) < 4.78 is 34.4. The maximum Gasteiger partial charge on any atom is 0.232 e. The van der Waals surface area contributed by atoms with E-state index in [1.807, 2.05) is 4.57 Å². The summed E-state index contributed by atoms with van der Waals surface area (Å²) >= 11 is 1.40. The first-order chi connectivity index (χ1) is 17.0. The predicted octanol–water partition coefficient (Wildman–Crippen LogP) is 4.21. The summed E-state index contributed by atoms with van der Waals surface area (Å²) in [5.74, 6) is 1.11. The number of hydrogen-bond donors (Lipinski definition) is 2. The number of benzene rings is 2. The van der Waals surface area contributed by atoms with Gasteiger partial charge in [0.15, 0.2) is 11.0 Å². The zero-order valence-electron chi connectivity index (χ0n) is 18.6. The van der Waals surface area contributed by atoms with Gasteiger partial charge in [-0.25, -0.2) is 8.78 Å². The minimum atomic E-state index is -0.338. The average molecular weight is 497 g/mol. The SMILES string of the molecule is Nc1nc(CSc2nnc(-c3ccc(F)cc3)n2C[C@H]2CCCO2)nc(Nc2ccc(F)cc2)n1. The van der Waals surface area contributed by atoms with Crippen LogP contribution in [0.5, 0.6) is 0 Å². The average Bonchev–Trinajstić information content (AvgIpc) is 3.50. The van der Waals surface area contributed by atoms with Crippen molar-refractivity contribution in [3.8, 4) is 11.4 Å². The Labute approximate surface area is 204 Å². The topological polar surface area (TPSA) is 117 Å². The third-order valence-electron chi connectivity index (χ3n) is 5.36. The number of hydrogen-bond acceptors (Lipinski definition) is 9. The van der Waals surface area contributed by atoms with Gasteiger partial charge in [0.05, 0.1) is 18.4 Å². The van der Waals surface area contributed by atoms with E-state index in [0.717, 1.165) is 25.0 Å². The van der Waals surface area contributed by atoms with Crippen LogP contribution in [0.15, 0.2) is 53.7 Å². The van der Waals surface area contributed by atoms with Crippen molar-refractivity contribution in [3.05, 3.63) is 66.0 Å². The van der Waals surface area contributed by atoms with Crippen molar-refractivity contribution in [2.24, 2.45) is 0 Å². The van der Waals surface area contributed by atoms with E-state index < -0.39 is 0 Å². The van der Waals surface area contributed by atoms with E-state index in [2.05, 4.69) is 30.5 Å². The van der Waals surface area contributed by atoms with E-state index in [4.69, 9.17) is 10.5 Å². The second kappa shape index (κ2) is 10.3. The number of nitrogens with one attached hydrogen (secondary N) is 1. The van der Waals surface area contributed by atoms with Gasteiger partial charge in [-0.05, 0) is 61.4 Å². The molecule has 12 heteroatoms. The lowest BCUT2D eigenvalue weighted by molar-refractivity contribution is 0.0953. The van der Waals surface area contributed by atoms with E-state index in [0.29, 0.717) is 34.8 Å². The third-order valence-corrected chi connectivity index (χ3v) is 6.32. The maximum atomic E-state index is 13.4. The van der Waals surface area contributed by atoms with E-state index in [-0.39, 0.29) is 29.6 Å². The molecule has 1 aliphatic heterocycles. The number of nitrogens with two attached hydrogens (primary N) is 1. The molecule has 1 saturated heterocycles. The zero-order chi connectivity index (χ0) is 24.2. The molecule has 0 radical (unpaired) electrons. The van der Waals surface area contributed by atoms with Crippen LogP contribution in [-0.2, 0) is 17.0 Å². The molecule has 1 atom stereocenters. The molecular weight excluding hydrogens is 474 g/mol. The highest BCUT2D eigenvalue weighted by Crippen LogP contribution is 2.28. The summed E-state index contributed by atoms with van der Waals surface area (Å²) in [6.07, 6.45) is 2.02. The van der Waals surface area contributed by atoms with Crippen LogP contribution in [0.25, 0.3) is 11.4 Å². The van der Waals surface area contributed by atoms with E-state index >= 15 is 0 Å². The van der Waals surface area contributed by atoms with Crippen LogP contribution in [0.4, 0.5) is 26.4 Å². The largest absolute Gasteiger partial charge is 0.376 e. The molecule has 180 valence electrons. The molecular formula is C23H22F2N8OS. The number of halogens is 2. The summed E-state index contributed by atoms with van der Waals surface area (Å²) in [7, 11) is 0. The Hall–Kier alpha value is -3.64. The van der Waals surface area contributed by atoms with Gasteiger partial charge in [0.1, 0.15) is 17.5 Å². The molecule has 0 unspecified atom stereocenters. The number of nitrogens with zero attached hydrogens (tertiary/aromatic N) is 6. The van der Waals surface area contributed by atoms with Crippen molar-refractivity contribution in [2.75, 3.05) is 17.7 Å².